The Bertz CT molecular complexity index is 476. The van der Waals surface area contributed by atoms with Gasteiger partial charge >= 0.3 is 0 Å². The Labute approximate surface area is 122 Å². The number of methoxy groups -OCH3 is 1. The van der Waals surface area contributed by atoms with Gasteiger partial charge < -0.3 is 20.4 Å². The summed E-state index contributed by atoms with van der Waals surface area (Å²) in [4.78, 5) is 15.0. The molecule has 0 aromatic carbocycles. The Kier molecular flexibility index (Phi) is 4.73. The first-order valence-electron chi connectivity index (χ1n) is 6.12. The number of amides is 1. The number of carbonyl (C=O) groups is 1. The summed E-state index contributed by atoms with van der Waals surface area (Å²) in [7, 11) is 1.64. The molecule has 0 radical (unpaired) electrons. The van der Waals surface area contributed by atoms with Crippen LogP contribution in [0.15, 0.2) is 0 Å². The van der Waals surface area contributed by atoms with Crippen molar-refractivity contribution in [3.8, 4) is 0 Å². The quantitative estimate of drug-likeness (QED) is 0.797. The van der Waals surface area contributed by atoms with Crippen molar-refractivity contribution in [2.45, 2.75) is 25.5 Å². The number of piperidine rings is 1. The van der Waals surface area contributed by atoms with Crippen molar-refractivity contribution in [1.29, 1.82) is 0 Å². The lowest BCUT2D eigenvalue weighted by atomic mass is 10.0. The number of aromatic nitrogens is 1. The zero-order valence-electron chi connectivity index (χ0n) is 10.8. The SMILES string of the molecule is CO[C@H]1CNCC[C@H]1NC(=O)c1[nH]c(Cl)c(C)c1Cl. The minimum Gasteiger partial charge on any atom is -0.378 e. The maximum atomic E-state index is 12.2. The van der Waals surface area contributed by atoms with E-state index in [2.05, 4.69) is 15.6 Å². The second-order valence-electron chi connectivity index (χ2n) is 4.60. The fourth-order valence-corrected chi connectivity index (χ4v) is 2.65. The maximum Gasteiger partial charge on any atom is 0.269 e. The molecule has 5 nitrogen and oxygen atoms in total. The molecular weight excluding hydrogens is 289 g/mol. The van der Waals surface area contributed by atoms with Crippen LogP contribution in [-0.4, -0.2) is 43.2 Å². The molecule has 0 spiro atoms. The molecule has 1 fully saturated rings. The second-order valence-corrected chi connectivity index (χ2v) is 5.36. The lowest BCUT2D eigenvalue weighted by Gasteiger charge is -2.31. The average molecular weight is 306 g/mol. The Morgan fingerprint density at radius 3 is 2.79 bits per heavy atom. The lowest BCUT2D eigenvalue weighted by molar-refractivity contribution is 0.0475. The highest BCUT2D eigenvalue weighted by atomic mass is 35.5. The highest BCUT2D eigenvalue weighted by molar-refractivity contribution is 6.38. The number of aromatic amines is 1. The fraction of sp³-hybridized carbons (Fsp3) is 0.583. The third-order valence-corrected chi connectivity index (χ3v) is 4.24. The van der Waals surface area contributed by atoms with Crippen LogP contribution in [0.2, 0.25) is 10.2 Å². The smallest absolute Gasteiger partial charge is 0.269 e. The van der Waals surface area contributed by atoms with Gasteiger partial charge in [0.2, 0.25) is 0 Å². The van der Waals surface area contributed by atoms with E-state index >= 15 is 0 Å². The Morgan fingerprint density at radius 1 is 1.47 bits per heavy atom. The van der Waals surface area contributed by atoms with Crippen molar-refractivity contribution in [2.75, 3.05) is 20.2 Å². The van der Waals surface area contributed by atoms with Crippen LogP contribution in [-0.2, 0) is 4.74 Å². The van der Waals surface area contributed by atoms with Gasteiger partial charge in [-0.15, -0.1) is 0 Å². The molecule has 1 aromatic rings. The van der Waals surface area contributed by atoms with E-state index in [-0.39, 0.29) is 18.1 Å². The molecule has 0 saturated carbocycles. The van der Waals surface area contributed by atoms with Crippen LogP contribution >= 0.6 is 23.2 Å². The van der Waals surface area contributed by atoms with Gasteiger partial charge in [-0.2, -0.15) is 0 Å². The van der Waals surface area contributed by atoms with Crippen LogP contribution in [0.3, 0.4) is 0 Å². The highest BCUT2D eigenvalue weighted by Gasteiger charge is 2.28. The van der Waals surface area contributed by atoms with E-state index in [0.717, 1.165) is 19.5 Å². The zero-order valence-corrected chi connectivity index (χ0v) is 12.4. The summed E-state index contributed by atoms with van der Waals surface area (Å²) in [6.07, 6.45) is 0.776. The summed E-state index contributed by atoms with van der Waals surface area (Å²) in [6.45, 7) is 3.34. The van der Waals surface area contributed by atoms with Gasteiger partial charge in [0.15, 0.2) is 0 Å². The molecule has 106 valence electrons. The average Bonchev–Trinajstić information content (AvgIpc) is 2.67. The summed E-state index contributed by atoms with van der Waals surface area (Å²) in [5.41, 5.74) is 0.986. The topological polar surface area (TPSA) is 66.2 Å². The standard InChI is InChI=1S/C12H17Cl2N3O2/c1-6-9(13)10(17-11(6)14)12(18)16-7-3-4-15-5-8(7)19-2/h7-8,15,17H,3-5H2,1-2H3,(H,16,18)/t7-,8+/m1/s1. The molecule has 1 amide bonds. The summed E-state index contributed by atoms with van der Waals surface area (Å²) in [5, 5.41) is 6.92. The fourth-order valence-electron chi connectivity index (χ4n) is 2.18. The summed E-state index contributed by atoms with van der Waals surface area (Å²) in [6, 6.07) is -0.0304. The Hall–Kier alpha value is -0.750. The Balaban J connectivity index is 2.09. The van der Waals surface area contributed by atoms with E-state index in [1.165, 1.54) is 0 Å². The van der Waals surface area contributed by atoms with Crippen molar-refractivity contribution in [1.82, 2.24) is 15.6 Å². The molecule has 7 heteroatoms. The number of carbonyl (C=O) groups excluding carboxylic acids is 1. The van der Waals surface area contributed by atoms with Crippen LogP contribution in [0.5, 0.6) is 0 Å². The van der Waals surface area contributed by atoms with E-state index in [1.54, 1.807) is 14.0 Å². The summed E-state index contributed by atoms with van der Waals surface area (Å²) >= 11 is 12.0. The predicted molar refractivity (Wildman–Crippen MR) is 75.1 cm³/mol. The number of halogens is 2. The monoisotopic (exact) mass is 305 g/mol. The normalized spacial score (nSPS) is 23.4. The van der Waals surface area contributed by atoms with Crippen LogP contribution in [0, 0.1) is 6.92 Å². The molecule has 1 aliphatic heterocycles. The second kappa shape index (κ2) is 6.13. The molecule has 0 bridgehead atoms. The van der Waals surface area contributed by atoms with E-state index in [4.69, 9.17) is 27.9 Å². The molecule has 1 saturated heterocycles. The number of nitrogens with one attached hydrogen (secondary N) is 3. The molecule has 2 atom stereocenters. The minimum absolute atomic E-state index is 0.0304. The molecule has 2 heterocycles. The van der Waals surface area contributed by atoms with Gasteiger partial charge in [0.1, 0.15) is 10.8 Å². The van der Waals surface area contributed by atoms with Crippen LogP contribution in [0.4, 0.5) is 0 Å². The zero-order chi connectivity index (χ0) is 14.0. The number of hydrogen-bond donors (Lipinski definition) is 3. The molecule has 2 rings (SSSR count). The van der Waals surface area contributed by atoms with Crippen LogP contribution in [0.1, 0.15) is 22.5 Å². The number of rotatable bonds is 3. The minimum atomic E-state index is -0.256. The van der Waals surface area contributed by atoms with E-state index < -0.39 is 0 Å². The first-order chi connectivity index (χ1) is 9.04. The molecule has 1 aromatic heterocycles. The molecule has 3 N–H and O–H groups in total. The molecule has 19 heavy (non-hydrogen) atoms. The number of ether oxygens (including phenoxy) is 1. The first kappa shape index (κ1) is 14.7. The van der Waals surface area contributed by atoms with Crippen molar-refractivity contribution in [3.05, 3.63) is 21.4 Å². The van der Waals surface area contributed by atoms with Crippen molar-refractivity contribution >= 4 is 29.1 Å². The van der Waals surface area contributed by atoms with Crippen LogP contribution in [0.25, 0.3) is 0 Å². The lowest BCUT2D eigenvalue weighted by Crippen LogP contribution is -2.53. The van der Waals surface area contributed by atoms with Gasteiger partial charge in [-0.05, 0) is 19.9 Å². The molecule has 1 aliphatic rings. The van der Waals surface area contributed by atoms with Crippen molar-refractivity contribution in [3.63, 3.8) is 0 Å². The highest BCUT2D eigenvalue weighted by Crippen LogP contribution is 2.27. The van der Waals surface area contributed by atoms with Gasteiger partial charge in [-0.3, -0.25) is 4.79 Å². The molecule has 0 aliphatic carbocycles. The predicted octanol–water partition coefficient (Wildman–Crippen LogP) is 1.74. The van der Waals surface area contributed by atoms with Gasteiger partial charge in [0, 0.05) is 19.2 Å². The maximum absolute atomic E-state index is 12.2. The van der Waals surface area contributed by atoms with Crippen LogP contribution < -0.4 is 10.6 Å². The Morgan fingerprint density at radius 2 is 2.21 bits per heavy atom. The van der Waals surface area contributed by atoms with E-state index in [1.807, 2.05) is 0 Å². The van der Waals surface area contributed by atoms with Gasteiger partial charge in [0.25, 0.3) is 5.91 Å². The van der Waals surface area contributed by atoms with E-state index in [0.29, 0.717) is 21.4 Å². The molecular formula is C12H17Cl2N3O2. The number of hydrogen-bond acceptors (Lipinski definition) is 3. The first-order valence-corrected chi connectivity index (χ1v) is 6.88. The summed E-state index contributed by atoms with van der Waals surface area (Å²) < 4.78 is 5.35. The largest absolute Gasteiger partial charge is 0.378 e. The van der Waals surface area contributed by atoms with Crippen molar-refractivity contribution < 1.29 is 9.53 Å². The van der Waals surface area contributed by atoms with Gasteiger partial charge in [0.05, 0.1) is 17.2 Å². The third-order valence-electron chi connectivity index (χ3n) is 3.39. The van der Waals surface area contributed by atoms with Gasteiger partial charge in [-0.25, -0.2) is 0 Å². The molecule has 0 unspecified atom stereocenters. The van der Waals surface area contributed by atoms with Gasteiger partial charge in [-0.1, -0.05) is 23.2 Å². The van der Waals surface area contributed by atoms with Crippen molar-refractivity contribution in [2.24, 2.45) is 0 Å². The number of H-pyrrole nitrogens is 1. The third kappa shape index (κ3) is 3.05. The van der Waals surface area contributed by atoms with E-state index in [9.17, 15) is 4.79 Å². The summed E-state index contributed by atoms with van der Waals surface area (Å²) in [5.74, 6) is -0.256.